The molecule has 110 valence electrons. The fourth-order valence-electron chi connectivity index (χ4n) is 1.60. The van der Waals surface area contributed by atoms with E-state index in [1.54, 1.807) is 0 Å². The first kappa shape index (κ1) is 14.6. The van der Waals surface area contributed by atoms with Gasteiger partial charge in [-0.25, -0.2) is 8.42 Å². The molecule has 2 aromatic rings. The average molecular weight is 309 g/mol. The highest BCUT2D eigenvalue weighted by molar-refractivity contribution is 7.92. The number of nitro benzene ring substituents is 1. The lowest BCUT2D eigenvalue weighted by Gasteiger charge is -2.09. The number of non-ortho nitro benzene ring substituents is 1. The smallest absolute Gasteiger partial charge is 0.271 e. The van der Waals surface area contributed by atoms with E-state index in [1.165, 1.54) is 24.3 Å². The Morgan fingerprint density at radius 1 is 1.19 bits per heavy atom. The second-order valence-corrected chi connectivity index (χ2v) is 5.82. The molecule has 0 heterocycles. The third kappa shape index (κ3) is 3.20. The molecule has 21 heavy (non-hydrogen) atoms. The Morgan fingerprint density at radius 2 is 1.90 bits per heavy atom. The molecule has 0 aliphatic rings. The largest absolute Gasteiger partial charge is 0.506 e. The van der Waals surface area contributed by atoms with Crippen molar-refractivity contribution in [2.45, 2.75) is 4.90 Å². The van der Waals surface area contributed by atoms with Crippen LogP contribution >= 0.6 is 0 Å². The Balaban J connectivity index is 2.35. The summed E-state index contributed by atoms with van der Waals surface area (Å²) in [6.07, 6.45) is 0. The van der Waals surface area contributed by atoms with Crippen LogP contribution in [0.5, 0.6) is 5.75 Å². The van der Waals surface area contributed by atoms with Gasteiger partial charge in [0.1, 0.15) is 5.75 Å². The molecular weight excluding hydrogens is 298 g/mol. The molecule has 0 bridgehead atoms. The van der Waals surface area contributed by atoms with Gasteiger partial charge >= 0.3 is 0 Å². The van der Waals surface area contributed by atoms with Gasteiger partial charge in [-0.15, -0.1) is 0 Å². The average Bonchev–Trinajstić information content (AvgIpc) is 2.41. The minimum Gasteiger partial charge on any atom is -0.506 e. The fourth-order valence-corrected chi connectivity index (χ4v) is 2.68. The van der Waals surface area contributed by atoms with Crippen molar-refractivity contribution in [2.75, 3.05) is 10.5 Å². The number of rotatable bonds is 4. The third-order valence-electron chi connectivity index (χ3n) is 2.62. The van der Waals surface area contributed by atoms with Crippen LogP contribution in [0, 0.1) is 10.1 Å². The number of aromatic hydroxyl groups is 1. The number of nitrogens with zero attached hydrogens (tertiary/aromatic N) is 1. The number of nitrogens with two attached hydrogens (primary N) is 1. The molecule has 0 unspecified atom stereocenters. The number of anilines is 2. The number of sulfonamides is 1. The van der Waals surface area contributed by atoms with Crippen LogP contribution in [-0.4, -0.2) is 18.4 Å². The number of phenolic OH excluding ortho intramolecular Hbond substituents is 1. The van der Waals surface area contributed by atoms with Crippen molar-refractivity contribution in [1.82, 2.24) is 0 Å². The number of hydrogen-bond acceptors (Lipinski definition) is 6. The first-order valence-corrected chi connectivity index (χ1v) is 7.14. The minimum atomic E-state index is -3.96. The van der Waals surface area contributed by atoms with Gasteiger partial charge in [-0.2, -0.15) is 0 Å². The normalized spacial score (nSPS) is 11.0. The number of nitrogens with one attached hydrogen (secondary N) is 1. The Kier molecular flexibility index (Phi) is 3.68. The van der Waals surface area contributed by atoms with Crippen LogP contribution in [0.4, 0.5) is 17.1 Å². The van der Waals surface area contributed by atoms with E-state index in [2.05, 4.69) is 4.72 Å². The summed E-state index contributed by atoms with van der Waals surface area (Å²) >= 11 is 0. The predicted octanol–water partition coefficient (Wildman–Crippen LogP) is 1.68. The number of nitro groups is 1. The summed E-state index contributed by atoms with van der Waals surface area (Å²) in [5.41, 5.74) is 5.17. The van der Waals surface area contributed by atoms with E-state index in [0.717, 1.165) is 18.2 Å². The van der Waals surface area contributed by atoms with Crippen LogP contribution in [0.1, 0.15) is 0 Å². The van der Waals surface area contributed by atoms with Crippen LogP contribution < -0.4 is 10.5 Å². The van der Waals surface area contributed by atoms with Gasteiger partial charge in [0.05, 0.1) is 21.2 Å². The molecule has 0 saturated carbocycles. The zero-order valence-corrected chi connectivity index (χ0v) is 11.4. The van der Waals surface area contributed by atoms with Crippen molar-refractivity contribution in [3.63, 3.8) is 0 Å². The summed E-state index contributed by atoms with van der Waals surface area (Å²) in [6.45, 7) is 0. The Bertz CT molecular complexity index is 804. The van der Waals surface area contributed by atoms with E-state index in [0.29, 0.717) is 0 Å². The van der Waals surface area contributed by atoms with Gasteiger partial charge < -0.3 is 10.8 Å². The lowest BCUT2D eigenvalue weighted by atomic mass is 10.3. The Labute approximate surface area is 120 Å². The quantitative estimate of drug-likeness (QED) is 0.340. The zero-order valence-electron chi connectivity index (χ0n) is 10.6. The van der Waals surface area contributed by atoms with Gasteiger partial charge in [-0.1, -0.05) is 6.07 Å². The van der Waals surface area contributed by atoms with Crippen molar-refractivity contribution in [3.05, 3.63) is 52.6 Å². The van der Waals surface area contributed by atoms with Gasteiger partial charge in [0.15, 0.2) is 0 Å². The predicted molar refractivity (Wildman–Crippen MR) is 76.4 cm³/mol. The SMILES string of the molecule is Nc1cc(S(=O)(=O)Nc2cccc([N+](=O)[O-])c2)ccc1O. The maximum absolute atomic E-state index is 12.1. The van der Waals surface area contributed by atoms with Crippen molar-refractivity contribution >= 4 is 27.1 Å². The standard InChI is InChI=1S/C12H11N3O5S/c13-11-7-10(4-5-12(11)16)21(19,20)14-8-2-1-3-9(6-8)15(17)18/h1-7,14,16H,13H2. The second kappa shape index (κ2) is 5.29. The summed E-state index contributed by atoms with van der Waals surface area (Å²) in [5, 5.41) is 19.9. The van der Waals surface area contributed by atoms with Crippen molar-refractivity contribution in [2.24, 2.45) is 0 Å². The number of phenols is 1. The molecule has 0 aliphatic heterocycles. The van der Waals surface area contributed by atoms with Crippen molar-refractivity contribution in [3.8, 4) is 5.75 Å². The van der Waals surface area contributed by atoms with Crippen LogP contribution in [-0.2, 0) is 10.0 Å². The first-order chi connectivity index (χ1) is 9.79. The van der Waals surface area contributed by atoms with Gasteiger partial charge in [0, 0.05) is 12.1 Å². The molecule has 9 heteroatoms. The molecule has 0 saturated heterocycles. The lowest BCUT2D eigenvalue weighted by Crippen LogP contribution is -2.13. The van der Waals surface area contributed by atoms with Gasteiger partial charge in [-0.05, 0) is 24.3 Å². The highest BCUT2D eigenvalue weighted by atomic mass is 32.2. The summed E-state index contributed by atoms with van der Waals surface area (Å²) < 4.78 is 26.5. The van der Waals surface area contributed by atoms with Crippen molar-refractivity contribution < 1.29 is 18.4 Å². The summed E-state index contributed by atoms with van der Waals surface area (Å²) in [5.74, 6) is -0.232. The Morgan fingerprint density at radius 3 is 2.52 bits per heavy atom. The Hall–Kier alpha value is -2.81. The van der Waals surface area contributed by atoms with Crippen molar-refractivity contribution in [1.29, 1.82) is 0 Å². The number of benzene rings is 2. The molecule has 4 N–H and O–H groups in total. The topological polar surface area (TPSA) is 136 Å². The maximum Gasteiger partial charge on any atom is 0.271 e. The van der Waals surface area contributed by atoms with Gasteiger partial charge in [0.25, 0.3) is 15.7 Å². The van der Waals surface area contributed by atoms with E-state index in [-0.39, 0.29) is 27.7 Å². The monoisotopic (exact) mass is 309 g/mol. The summed E-state index contributed by atoms with van der Waals surface area (Å²) in [4.78, 5) is 9.86. The molecule has 0 atom stereocenters. The molecule has 2 aromatic carbocycles. The first-order valence-electron chi connectivity index (χ1n) is 5.65. The van der Waals surface area contributed by atoms with E-state index >= 15 is 0 Å². The molecule has 2 rings (SSSR count). The molecule has 0 spiro atoms. The molecule has 8 nitrogen and oxygen atoms in total. The summed E-state index contributed by atoms with van der Waals surface area (Å²) in [7, 11) is -3.96. The zero-order chi connectivity index (χ0) is 15.6. The van der Waals surface area contributed by atoms with Crippen LogP contribution in [0.2, 0.25) is 0 Å². The molecule has 0 radical (unpaired) electrons. The highest BCUT2D eigenvalue weighted by Gasteiger charge is 2.17. The number of hydrogen-bond donors (Lipinski definition) is 3. The molecule has 0 aromatic heterocycles. The maximum atomic E-state index is 12.1. The third-order valence-corrected chi connectivity index (χ3v) is 4.00. The van der Waals surface area contributed by atoms with Crippen LogP contribution in [0.25, 0.3) is 0 Å². The molecule has 0 amide bonds. The molecule has 0 fully saturated rings. The highest BCUT2D eigenvalue weighted by Crippen LogP contribution is 2.25. The van der Waals surface area contributed by atoms with Crippen LogP contribution in [0.3, 0.4) is 0 Å². The fraction of sp³-hybridized carbons (Fsp3) is 0. The van der Waals surface area contributed by atoms with E-state index in [1.807, 2.05) is 0 Å². The summed E-state index contributed by atoms with van der Waals surface area (Å²) in [6, 6.07) is 8.50. The van der Waals surface area contributed by atoms with Gasteiger partial charge in [-0.3, -0.25) is 14.8 Å². The number of nitrogen functional groups attached to an aromatic ring is 1. The van der Waals surface area contributed by atoms with E-state index in [9.17, 15) is 23.6 Å². The second-order valence-electron chi connectivity index (χ2n) is 4.13. The van der Waals surface area contributed by atoms with E-state index in [4.69, 9.17) is 5.73 Å². The van der Waals surface area contributed by atoms with Gasteiger partial charge in [0.2, 0.25) is 0 Å². The minimum absolute atomic E-state index is 0.0517. The van der Waals surface area contributed by atoms with E-state index < -0.39 is 14.9 Å². The molecule has 0 aliphatic carbocycles. The molecular formula is C12H11N3O5S. The lowest BCUT2D eigenvalue weighted by molar-refractivity contribution is -0.384. The van der Waals surface area contributed by atoms with Crippen LogP contribution in [0.15, 0.2) is 47.4 Å².